The average molecular weight is 357 g/mol. The normalized spacial score (nSPS) is 22.4. The summed E-state index contributed by atoms with van der Waals surface area (Å²) in [4.78, 5) is 2.48. The highest BCUT2D eigenvalue weighted by atomic mass is 16.5. The van der Waals surface area contributed by atoms with Gasteiger partial charge in [-0.25, -0.2) is 4.68 Å². The molecule has 0 spiro atoms. The zero-order valence-electron chi connectivity index (χ0n) is 15.3. The molecule has 3 heterocycles. The van der Waals surface area contributed by atoms with Crippen molar-refractivity contribution in [2.24, 2.45) is 0 Å². The molecule has 0 amide bonds. The Morgan fingerprint density at radius 2 is 2.04 bits per heavy atom. The van der Waals surface area contributed by atoms with Crippen molar-refractivity contribution in [2.45, 2.75) is 31.5 Å². The summed E-state index contributed by atoms with van der Waals surface area (Å²) in [6.07, 6.45) is 4.15. The second-order valence-corrected chi connectivity index (χ2v) is 7.00. The topological polar surface area (TPSA) is 64.4 Å². The Morgan fingerprint density at radius 1 is 1.23 bits per heavy atom. The van der Waals surface area contributed by atoms with Gasteiger partial charge in [0.05, 0.1) is 25.0 Å². The van der Waals surface area contributed by atoms with E-state index in [0.29, 0.717) is 12.1 Å². The Hall–Kier alpha value is -1.96. The van der Waals surface area contributed by atoms with Crippen LogP contribution in [0.4, 0.5) is 0 Å². The lowest BCUT2D eigenvalue weighted by Crippen LogP contribution is -2.45. The molecule has 26 heavy (non-hydrogen) atoms. The number of nitrogens with zero attached hydrogens (tertiary/aromatic N) is 4. The number of hydrogen-bond acceptors (Lipinski definition) is 6. The van der Waals surface area contributed by atoms with E-state index in [0.717, 1.165) is 63.7 Å². The number of methoxy groups -OCH3 is 1. The first kappa shape index (κ1) is 17.5. The van der Waals surface area contributed by atoms with Crippen LogP contribution in [0.3, 0.4) is 0 Å². The van der Waals surface area contributed by atoms with Crippen molar-refractivity contribution in [2.75, 3.05) is 40.0 Å². The SMILES string of the molecule is COc1ccc(C2CNCCN2Cc2cn(C3CCOCC3)nn2)cc1. The van der Waals surface area contributed by atoms with Crippen LogP contribution in [0.5, 0.6) is 5.75 Å². The first-order valence-electron chi connectivity index (χ1n) is 9.40. The highest BCUT2D eigenvalue weighted by Gasteiger charge is 2.25. The molecule has 2 fully saturated rings. The summed E-state index contributed by atoms with van der Waals surface area (Å²) >= 11 is 0. The lowest BCUT2D eigenvalue weighted by Gasteiger charge is -2.36. The summed E-state index contributed by atoms with van der Waals surface area (Å²) in [5.74, 6) is 0.892. The fourth-order valence-electron chi connectivity index (χ4n) is 3.81. The van der Waals surface area contributed by atoms with E-state index in [4.69, 9.17) is 9.47 Å². The quantitative estimate of drug-likeness (QED) is 0.880. The van der Waals surface area contributed by atoms with E-state index in [1.807, 2.05) is 16.8 Å². The predicted molar refractivity (Wildman–Crippen MR) is 98.1 cm³/mol. The number of nitrogens with one attached hydrogen (secondary N) is 1. The lowest BCUT2D eigenvalue weighted by molar-refractivity contribution is 0.0657. The molecule has 0 radical (unpaired) electrons. The van der Waals surface area contributed by atoms with Crippen molar-refractivity contribution in [3.63, 3.8) is 0 Å². The van der Waals surface area contributed by atoms with Crippen LogP contribution in [-0.2, 0) is 11.3 Å². The van der Waals surface area contributed by atoms with Gasteiger partial charge in [-0.2, -0.15) is 0 Å². The van der Waals surface area contributed by atoms with E-state index in [2.05, 4.69) is 38.9 Å². The molecule has 1 atom stereocenters. The molecular weight excluding hydrogens is 330 g/mol. The van der Waals surface area contributed by atoms with Gasteiger partial charge in [-0.05, 0) is 30.5 Å². The molecule has 2 aliphatic heterocycles. The van der Waals surface area contributed by atoms with Gasteiger partial charge in [0, 0.05) is 45.4 Å². The second kappa shape index (κ2) is 8.16. The predicted octanol–water partition coefficient (Wildman–Crippen LogP) is 1.78. The summed E-state index contributed by atoms with van der Waals surface area (Å²) in [7, 11) is 1.70. The fourth-order valence-corrected chi connectivity index (χ4v) is 3.81. The molecule has 1 N–H and O–H groups in total. The van der Waals surface area contributed by atoms with Gasteiger partial charge < -0.3 is 14.8 Å². The van der Waals surface area contributed by atoms with Gasteiger partial charge >= 0.3 is 0 Å². The third-order valence-electron chi connectivity index (χ3n) is 5.34. The van der Waals surface area contributed by atoms with Crippen molar-refractivity contribution in [3.05, 3.63) is 41.7 Å². The van der Waals surface area contributed by atoms with Gasteiger partial charge in [0.2, 0.25) is 0 Å². The van der Waals surface area contributed by atoms with Crippen molar-refractivity contribution in [3.8, 4) is 5.75 Å². The Bertz CT molecular complexity index is 696. The van der Waals surface area contributed by atoms with Crippen molar-refractivity contribution in [1.82, 2.24) is 25.2 Å². The van der Waals surface area contributed by atoms with Gasteiger partial charge in [-0.3, -0.25) is 4.90 Å². The van der Waals surface area contributed by atoms with Crippen molar-refractivity contribution in [1.29, 1.82) is 0 Å². The van der Waals surface area contributed by atoms with Crippen molar-refractivity contribution < 1.29 is 9.47 Å². The molecule has 2 aromatic rings. The van der Waals surface area contributed by atoms with E-state index in [1.54, 1.807) is 7.11 Å². The standard InChI is InChI=1S/C19H27N5O2/c1-25-18-4-2-15(3-5-18)19-12-20-8-9-23(19)13-16-14-24(22-21-16)17-6-10-26-11-7-17/h2-5,14,17,19-20H,6-13H2,1H3. The van der Waals surface area contributed by atoms with Gasteiger partial charge in [0.1, 0.15) is 5.75 Å². The molecule has 7 heteroatoms. The maximum Gasteiger partial charge on any atom is 0.118 e. The van der Waals surface area contributed by atoms with Crippen LogP contribution in [-0.4, -0.2) is 59.9 Å². The summed E-state index contributed by atoms with van der Waals surface area (Å²) in [6.45, 7) is 5.40. The van der Waals surface area contributed by atoms with Crippen LogP contribution in [0.1, 0.15) is 36.2 Å². The number of ether oxygens (including phenoxy) is 2. The molecule has 0 saturated carbocycles. The van der Waals surface area contributed by atoms with Gasteiger partial charge in [0.15, 0.2) is 0 Å². The Morgan fingerprint density at radius 3 is 2.81 bits per heavy atom. The average Bonchev–Trinajstić information content (AvgIpc) is 3.18. The van der Waals surface area contributed by atoms with Crippen LogP contribution in [0.15, 0.2) is 30.5 Å². The van der Waals surface area contributed by atoms with E-state index in [9.17, 15) is 0 Å². The van der Waals surface area contributed by atoms with E-state index in [-0.39, 0.29) is 0 Å². The van der Waals surface area contributed by atoms with Crippen LogP contribution >= 0.6 is 0 Å². The van der Waals surface area contributed by atoms with Gasteiger partial charge in [0.25, 0.3) is 0 Å². The number of hydrogen-bond donors (Lipinski definition) is 1. The number of aromatic nitrogens is 3. The monoisotopic (exact) mass is 357 g/mol. The minimum Gasteiger partial charge on any atom is -0.497 e. The Kier molecular flexibility index (Phi) is 5.48. The molecule has 7 nitrogen and oxygen atoms in total. The second-order valence-electron chi connectivity index (χ2n) is 7.00. The molecule has 1 unspecified atom stereocenters. The number of piperazine rings is 1. The molecular formula is C19H27N5O2. The molecule has 0 bridgehead atoms. The minimum atomic E-state index is 0.336. The number of rotatable bonds is 5. The number of benzene rings is 1. The highest BCUT2D eigenvalue weighted by molar-refractivity contribution is 5.29. The summed E-state index contributed by atoms with van der Waals surface area (Å²) < 4.78 is 12.8. The zero-order chi connectivity index (χ0) is 17.8. The largest absolute Gasteiger partial charge is 0.497 e. The van der Waals surface area contributed by atoms with Gasteiger partial charge in [-0.1, -0.05) is 17.3 Å². The summed E-state index contributed by atoms with van der Waals surface area (Å²) in [6, 6.07) is 9.13. The molecule has 1 aromatic heterocycles. The third kappa shape index (κ3) is 3.90. The van der Waals surface area contributed by atoms with Crippen LogP contribution in [0, 0.1) is 0 Å². The van der Waals surface area contributed by atoms with Gasteiger partial charge in [-0.15, -0.1) is 5.10 Å². The molecule has 0 aliphatic carbocycles. The minimum absolute atomic E-state index is 0.336. The van der Waals surface area contributed by atoms with Crippen LogP contribution in [0.25, 0.3) is 0 Å². The third-order valence-corrected chi connectivity index (χ3v) is 5.34. The van der Waals surface area contributed by atoms with Crippen LogP contribution < -0.4 is 10.1 Å². The maximum atomic E-state index is 5.44. The Balaban J connectivity index is 1.45. The highest BCUT2D eigenvalue weighted by Crippen LogP contribution is 2.26. The van der Waals surface area contributed by atoms with E-state index >= 15 is 0 Å². The first-order valence-corrected chi connectivity index (χ1v) is 9.40. The molecule has 1 aromatic carbocycles. The smallest absolute Gasteiger partial charge is 0.118 e. The maximum absolute atomic E-state index is 5.44. The van der Waals surface area contributed by atoms with Crippen LogP contribution in [0.2, 0.25) is 0 Å². The Labute approximate surface area is 154 Å². The molecule has 4 rings (SSSR count). The molecule has 2 aliphatic rings. The first-order chi connectivity index (χ1) is 12.8. The zero-order valence-corrected chi connectivity index (χ0v) is 15.3. The summed E-state index contributed by atoms with van der Waals surface area (Å²) in [5.41, 5.74) is 2.34. The van der Waals surface area contributed by atoms with E-state index < -0.39 is 0 Å². The fraction of sp³-hybridized carbons (Fsp3) is 0.579. The molecule has 2 saturated heterocycles. The summed E-state index contributed by atoms with van der Waals surface area (Å²) in [5, 5.41) is 12.3. The molecule has 140 valence electrons. The van der Waals surface area contributed by atoms with E-state index in [1.165, 1.54) is 5.56 Å². The van der Waals surface area contributed by atoms with Crippen molar-refractivity contribution >= 4 is 0 Å². The lowest BCUT2D eigenvalue weighted by atomic mass is 10.0.